The Bertz CT molecular complexity index is 208. The van der Waals surface area contributed by atoms with Crippen molar-refractivity contribution in [3.63, 3.8) is 0 Å². The molecule has 0 aromatic carbocycles. The Morgan fingerprint density at radius 2 is 1.87 bits per heavy atom. The number of hydrogen-bond donors (Lipinski definition) is 1. The van der Waals surface area contributed by atoms with Crippen molar-refractivity contribution >= 4 is 5.91 Å². The quantitative estimate of drug-likeness (QED) is 0.770. The molecule has 1 aliphatic rings. The van der Waals surface area contributed by atoms with Crippen molar-refractivity contribution in [2.75, 3.05) is 19.6 Å². The maximum absolute atomic E-state index is 11.7. The van der Waals surface area contributed by atoms with Crippen LogP contribution in [-0.2, 0) is 4.79 Å². The van der Waals surface area contributed by atoms with E-state index in [4.69, 9.17) is 0 Å². The molecule has 0 saturated carbocycles. The van der Waals surface area contributed by atoms with E-state index in [9.17, 15) is 4.79 Å². The molecule has 15 heavy (non-hydrogen) atoms. The number of carbonyl (C=O) groups excluding carboxylic acids is 1. The zero-order valence-electron chi connectivity index (χ0n) is 10.3. The van der Waals surface area contributed by atoms with E-state index in [0.29, 0.717) is 6.54 Å². The van der Waals surface area contributed by atoms with Crippen LogP contribution in [0.1, 0.15) is 46.5 Å². The van der Waals surface area contributed by atoms with Gasteiger partial charge in [-0.15, -0.1) is 0 Å². The number of piperidine rings is 1. The highest BCUT2D eigenvalue weighted by atomic mass is 16.2. The molecule has 1 aliphatic heterocycles. The molecule has 88 valence electrons. The molecular formula is C12H24N2O. The number of carbonyl (C=O) groups is 1. The molecule has 0 unspecified atom stereocenters. The lowest BCUT2D eigenvalue weighted by atomic mass is 10.0. The summed E-state index contributed by atoms with van der Waals surface area (Å²) in [5.74, 6) is 0.170. The summed E-state index contributed by atoms with van der Waals surface area (Å²) in [6.45, 7) is 8.98. The Balaban J connectivity index is 2.28. The number of nitrogens with zero attached hydrogens (tertiary/aromatic N) is 1. The summed E-state index contributed by atoms with van der Waals surface area (Å²) >= 11 is 0. The second-order valence-electron chi connectivity index (χ2n) is 5.12. The van der Waals surface area contributed by atoms with Gasteiger partial charge < -0.3 is 5.32 Å². The number of hydrogen-bond acceptors (Lipinski definition) is 2. The normalized spacial score (nSPS) is 18.9. The Hall–Kier alpha value is -0.570. The highest BCUT2D eigenvalue weighted by Gasteiger charge is 2.20. The second kappa shape index (κ2) is 5.50. The second-order valence-corrected chi connectivity index (χ2v) is 5.12. The smallest absolute Gasteiger partial charge is 0.234 e. The van der Waals surface area contributed by atoms with E-state index in [1.165, 1.54) is 19.3 Å². The van der Waals surface area contributed by atoms with Gasteiger partial charge in [0.25, 0.3) is 0 Å². The highest BCUT2D eigenvalue weighted by molar-refractivity contribution is 5.78. The van der Waals surface area contributed by atoms with Crippen molar-refractivity contribution < 1.29 is 4.79 Å². The van der Waals surface area contributed by atoms with Crippen LogP contribution < -0.4 is 5.32 Å². The van der Waals surface area contributed by atoms with Crippen LogP contribution in [0, 0.1) is 0 Å². The Labute approximate surface area is 93.2 Å². The van der Waals surface area contributed by atoms with Crippen LogP contribution in [0.3, 0.4) is 0 Å². The van der Waals surface area contributed by atoms with Crippen molar-refractivity contribution in [2.45, 2.75) is 52.0 Å². The minimum absolute atomic E-state index is 0.0626. The fraction of sp³-hybridized carbons (Fsp3) is 0.917. The van der Waals surface area contributed by atoms with Crippen molar-refractivity contribution in [3.8, 4) is 0 Å². The summed E-state index contributed by atoms with van der Waals surface area (Å²) in [5.41, 5.74) is -0.0626. The van der Waals surface area contributed by atoms with Gasteiger partial charge in [0, 0.05) is 5.54 Å². The van der Waals surface area contributed by atoms with Gasteiger partial charge in [0.15, 0.2) is 0 Å². The molecule has 0 aromatic heterocycles. The average molecular weight is 212 g/mol. The summed E-state index contributed by atoms with van der Waals surface area (Å²) in [7, 11) is 0. The molecule has 1 fully saturated rings. The first-order valence-electron chi connectivity index (χ1n) is 6.07. The summed E-state index contributed by atoms with van der Waals surface area (Å²) in [6.07, 6.45) is 4.77. The van der Waals surface area contributed by atoms with E-state index < -0.39 is 0 Å². The molecule has 1 saturated heterocycles. The Morgan fingerprint density at radius 1 is 1.27 bits per heavy atom. The molecule has 0 spiro atoms. The van der Waals surface area contributed by atoms with Crippen LogP contribution in [0.5, 0.6) is 0 Å². The van der Waals surface area contributed by atoms with Gasteiger partial charge in [-0.3, -0.25) is 9.69 Å². The number of rotatable bonds is 4. The first-order valence-corrected chi connectivity index (χ1v) is 6.07. The molecule has 1 heterocycles. The fourth-order valence-corrected chi connectivity index (χ4v) is 1.83. The number of likely N-dealkylation sites (tertiary alicyclic amines) is 1. The fourth-order valence-electron chi connectivity index (χ4n) is 1.83. The van der Waals surface area contributed by atoms with Gasteiger partial charge in [-0.2, -0.15) is 0 Å². The molecule has 0 aromatic rings. The average Bonchev–Trinajstić information content (AvgIpc) is 2.18. The molecule has 1 N–H and O–H groups in total. The summed E-state index contributed by atoms with van der Waals surface area (Å²) < 4.78 is 0. The molecule has 0 atom stereocenters. The number of amides is 1. The predicted octanol–water partition coefficient (Wildman–Crippen LogP) is 1.78. The van der Waals surface area contributed by atoms with E-state index in [-0.39, 0.29) is 11.4 Å². The van der Waals surface area contributed by atoms with E-state index in [2.05, 4.69) is 31.0 Å². The van der Waals surface area contributed by atoms with Crippen LogP contribution in [0.2, 0.25) is 0 Å². The molecule has 1 rings (SSSR count). The predicted molar refractivity (Wildman–Crippen MR) is 62.8 cm³/mol. The minimum Gasteiger partial charge on any atom is -0.350 e. The minimum atomic E-state index is -0.0626. The van der Waals surface area contributed by atoms with Gasteiger partial charge in [0.1, 0.15) is 0 Å². The zero-order valence-corrected chi connectivity index (χ0v) is 10.3. The van der Waals surface area contributed by atoms with Gasteiger partial charge >= 0.3 is 0 Å². The van der Waals surface area contributed by atoms with Crippen molar-refractivity contribution in [1.82, 2.24) is 10.2 Å². The lowest BCUT2D eigenvalue weighted by molar-refractivity contribution is -0.124. The van der Waals surface area contributed by atoms with Crippen LogP contribution in [0.4, 0.5) is 0 Å². The lowest BCUT2D eigenvalue weighted by Crippen LogP contribution is -2.48. The zero-order chi connectivity index (χ0) is 11.3. The van der Waals surface area contributed by atoms with Crippen molar-refractivity contribution in [2.24, 2.45) is 0 Å². The van der Waals surface area contributed by atoms with E-state index in [1.807, 2.05) is 0 Å². The lowest BCUT2D eigenvalue weighted by Gasteiger charge is -2.29. The van der Waals surface area contributed by atoms with Crippen LogP contribution in [-0.4, -0.2) is 36.0 Å². The molecular weight excluding hydrogens is 188 g/mol. The van der Waals surface area contributed by atoms with Crippen LogP contribution in [0.25, 0.3) is 0 Å². The SMILES string of the molecule is CCC(C)(C)NC(=O)CN1CCCCC1. The van der Waals surface area contributed by atoms with Gasteiger partial charge in [-0.1, -0.05) is 13.3 Å². The maximum Gasteiger partial charge on any atom is 0.234 e. The molecule has 0 radical (unpaired) electrons. The largest absolute Gasteiger partial charge is 0.350 e. The third kappa shape index (κ3) is 4.65. The van der Waals surface area contributed by atoms with E-state index >= 15 is 0 Å². The van der Waals surface area contributed by atoms with Crippen molar-refractivity contribution in [3.05, 3.63) is 0 Å². The third-order valence-corrected chi connectivity index (χ3v) is 3.18. The molecule has 3 heteroatoms. The molecule has 0 bridgehead atoms. The van der Waals surface area contributed by atoms with Gasteiger partial charge in [0.05, 0.1) is 6.54 Å². The van der Waals surface area contributed by atoms with Gasteiger partial charge in [-0.25, -0.2) is 0 Å². The number of nitrogens with one attached hydrogen (secondary N) is 1. The van der Waals surface area contributed by atoms with Crippen LogP contribution >= 0.6 is 0 Å². The Kier molecular flexibility index (Phi) is 4.58. The standard InChI is InChI=1S/C12H24N2O/c1-4-12(2,3)13-11(15)10-14-8-6-5-7-9-14/h4-10H2,1-3H3,(H,13,15). The van der Waals surface area contributed by atoms with Gasteiger partial charge in [0.2, 0.25) is 5.91 Å². The van der Waals surface area contributed by atoms with Gasteiger partial charge in [-0.05, 0) is 46.2 Å². The van der Waals surface area contributed by atoms with E-state index in [0.717, 1.165) is 19.5 Å². The third-order valence-electron chi connectivity index (χ3n) is 3.18. The van der Waals surface area contributed by atoms with E-state index in [1.54, 1.807) is 0 Å². The summed E-state index contributed by atoms with van der Waals surface area (Å²) in [5, 5.41) is 3.07. The molecule has 3 nitrogen and oxygen atoms in total. The summed E-state index contributed by atoms with van der Waals surface area (Å²) in [6, 6.07) is 0. The highest BCUT2D eigenvalue weighted by Crippen LogP contribution is 2.09. The topological polar surface area (TPSA) is 32.3 Å². The monoisotopic (exact) mass is 212 g/mol. The first kappa shape index (κ1) is 12.5. The Morgan fingerprint density at radius 3 is 2.40 bits per heavy atom. The van der Waals surface area contributed by atoms with Crippen molar-refractivity contribution in [1.29, 1.82) is 0 Å². The first-order chi connectivity index (χ1) is 7.03. The van der Waals surface area contributed by atoms with Crippen LogP contribution in [0.15, 0.2) is 0 Å². The molecule has 0 aliphatic carbocycles. The molecule has 1 amide bonds. The summed E-state index contributed by atoms with van der Waals surface area (Å²) in [4.78, 5) is 14.0. The maximum atomic E-state index is 11.7.